The molecule has 0 aliphatic carbocycles. The van der Waals surface area contributed by atoms with Crippen molar-refractivity contribution >= 4 is 23.1 Å². The Bertz CT molecular complexity index is 948. The molecule has 0 fully saturated rings. The van der Waals surface area contributed by atoms with Crippen LogP contribution in [0.4, 0.5) is 0 Å². The van der Waals surface area contributed by atoms with Crippen LogP contribution in [0.2, 0.25) is 0 Å². The minimum Gasteiger partial charge on any atom is -0.497 e. The molecule has 0 radical (unpaired) electrons. The third kappa shape index (κ3) is 4.23. The molecule has 27 heavy (non-hydrogen) atoms. The zero-order valence-corrected chi connectivity index (χ0v) is 16.1. The molecule has 3 rings (SSSR count). The van der Waals surface area contributed by atoms with Crippen molar-refractivity contribution < 1.29 is 19.1 Å². The average Bonchev–Trinajstić information content (AvgIpc) is 3.10. The van der Waals surface area contributed by atoms with Gasteiger partial charge in [0.2, 0.25) is 5.78 Å². The molecule has 138 valence electrons. The van der Waals surface area contributed by atoms with Gasteiger partial charge in [-0.2, -0.15) is 0 Å². The number of carbonyl (C=O) groups excluding carboxylic acids is 2. The summed E-state index contributed by atoms with van der Waals surface area (Å²) in [6.45, 7) is 3.40. The van der Waals surface area contributed by atoms with E-state index >= 15 is 0 Å². The van der Waals surface area contributed by atoms with Crippen LogP contribution in [0.25, 0.3) is 11.3 Å². The third-order valence-electron chi connectivity index (χ3n) is 3.99. The predicted molar refractivity (Wildman–Crippen MR) is 104 cm³/mol. The molecule has 3 aromatic rings. The van der Waals surface area contributed by atoms with Gasteiger partial charge in [0.25, 0.3) is 0 Å². The molecule has 0 bridgehead atoms. The summed E-state index contributed by atoms with van der Waals surface area (Å²) in [6, 6.07) is 16.1. The van der Waals surface area contributed by atoms with Crippen LogP contribution in [-0.4, -0.2) is 30.0 Å². The molecule has 0 saturated heterocycles. The summed E-state index contributed by atoms with van der Waals surface area (Å²) in [7, 11) is 1.56. The number of ether oxygens (including phenoxy) is 2. The number of ketones is 1. The normalized spacial score (nSPS) is 11.7. The lowest BCUT2D eigenvalue weighted by Crippen LogP contribution is -2.24. The van der Waals surface area contributed by atoms with Crippen molar-refractivity contribution in [3.8, 4) is 17.0 Å². The lowest BCUT2D eigenvalue weighted by atomic mass is 10.1. The standard InChI is InChI=1S/C21H19NO4S/c1-13(19(23)16-9-11-17(25-3)12-10-16)26-21(24)20-18(22-14(2)27-20)15-7-5-4-6-8-15/h4-13H,1-3H3/t13-/m0/s1. The highest BCUT2D eigenvalue weighted by atomic mass is 32.1. The molecule has 1 atom stereocenters. The molecular formula is C21H19NO4S. The summed E-state index contributed by atoms with van der Waals surface area (Å²) in [5, 5.41) is 0.759. The number of aromatic nitrogens is 1. The fraction of sp³-hybridized carbons (Fsp3) is 0.190. The molecule has 0 aliphatic heterocycles. The second-order valence-electron chi connectivity index (χ2n) is 5.92. The zero-order chi connectivity index (χ0) is 19.4. The third-order valence-corrected chi connectivity index (χ3v) is 4.95. The Morgan fingerprint density at radius 2 is 1.70 bits per heavy atom. The van der Waals surface area contributed by atoms with E-state index in [9.17, 15) is 9.59 Å². The molecule has 1 heterocycles. The highest BCUT2D eigenvalue weighted by Crippen LogP contribution is 2.29. The van der Waals surface area contributed by atoms with E-state index in [1.807, 2.05) is 37.3 Å². The zero-order valence-electron chi connectivity index (χ0n) is 15.3. The van der Waals surface area contributed by atoms with Crippen molar-refractivity contribution in [2.45, 2.75) is 20.0 Å². The van der Waals surface area contributed by atoms with E-state index in [0.717, 1.165) is 10.6 Å². The Balaban J connectivity index is 1.78. The maximum absolute atomic E-state index is 12.7. The minimum absolute atomic E-state index is 0.270. The lowest BCUT2D eigenvalue weighted by molar-refractivity contribution is 0.0324. The van der Waals surface area contributed by atoms with Crippen LogP contribution in [0.15, 0.2) is 54.6 Å². The van der Waals surface area contributed by atoms with Gasteiger partial charge in [-0.3, -0.25) is 4.79 Å². The van der Waals surface area contributed by atoms with E-state index in [1.54, 1.807) is 38.3 Å². The smallest absolute Gasteiger partial charge is 0.351 e. The number of hydrogen-bond donors (Lipinski definition) is 0. The molecule has 0 amide bonds. The molecule has 0 spiro atoms. The number of thiazole rings is 1. The van der Waals surface area contributed by atoms with Gasteiger partial charge in [-0.05, 0) is 38.1 Å². The summed E-state index contributed by atoms with van der Waals surface area (Å²) in [6.07, 6.45) is -0.906. The largest absolute Gasteiger partial charge is 0.497 e. The van der Waals surface area contributed by atoms with Crippen LogP contribution in [-0.2, 0) is 4.74 Å². The average molecular weight is 381 g/mol. The minimum atomic E-state index is -0.906. The number of nitrogens with zero attached hydrogens (tertiary/aromatic N) is 1. The summed E-state index contributed by atoms with van der Waals surface area (Å²) in [5.41, 5.74) is 1.87. The molecule has 6 heteroatoms. The molecule has 0 aliphatic rings. The Labute approximate surface area is 161 Å². The Hall–Kier alpha value is -2.99. The SMILES string of the molecule is COc1ccc(C(=O)[C@H](C)OC(=O)c2sc(C)nc2-c2ccccc2)cc1. The van der Waals surface area contributed by atoms with Crippen LogP contribution in [0.5, 0.6) is 5.75 Å². The van der Waals surface area contributed by atoms with E-state index in [1.165, 1.54) is 11.3 Å². The predicted octanol–water partition coefficient (Wildman–Crippen LogP) is 4.56. The van der Waals surface area contributed by atoms with Crippen molar-refractivity contribution in [2.24, 2.45) is 0 Å². The first-order chi connectivity index (χ1) is 13.0. The van der Waals surface area contributed by atoms with Crippen LogP contribution in [0.3, 0.4) is 0 Å². The molecular weight excluding hydrogens is 362 g/mol. The van der Waals surface area contributed by atoms with Gasteiger partial charge in [-0.25, -0.2) is 9.78 Å². The number of Topliss-reactive ketones (excluding diaryl/α,β-unsaturated/α-hetero) is 1. The van der Waals surface area contributed by atoms with E-state index in [-0.39, 0.29) is 5.78 Å². The second-order valence-corrected chi connectivity index (χ2v) is 7.12. The first-order valence-electron chi connectivity index (χ1n) is 8.41. The fourth-order valence-corrected chi connectivity index (χ4v) is 3.44. The molecule has 1 aromatic heterocycles. The molecule has 2 aromatic carbocycles. The van der Waals surface area contributed by atoms with Gasteiger partial charge in [0, 0.05) is 11.1 Å². The highest BCUT2D eigenvalue weighted by Gasteiger charge is 2.25. The van der Waals surface area contributed by atoms with E-state index in [0.29, 0.717) is 21.9 Å². The lowest BCUT2D eigenvalue weighted by Gasteiger charge is -2.12. The number of esters is 1. The fourth-order valence-electron chi connectivity index (χ4n) is 2.61. The van der Waals surface area contributed by atoms with E-state index in [2.05, 4.69) is 4.98 Å². The Morgan fingerprint density at radius 1 is 1.04 bits per heavy atom. The molecule has 5 nitrogen and oxygen atoms in total. The molecule has 0 unspecified atom stereocenters. The van der Waals surface area contributed by atoms with Crippen molar-refractivity contribution in [1.82, 2.24) is 4.98 Å². The summed E-state index contributed by atoms with van der Waals surface area (Å²) in [5.74, 6) is -0.161. The van der Waals surface area contributed by atoms with E-state index < -0.39 is 12.1 Å². The monoisotopic (exact) mass is 381 g/mol. The second kappa shape index (κ2) is 8.14. The van der Waals surface area contributed by atoms with Crippen molar-refractivity contribution in [2.75, 3.05) is 7.11 Å². The first-order valence-corrected chi connectivity index (χ1v) is 9.23. The number of carbonyl (C=O) groups is 2. The van der Waals surface area contributed by atoms with Crippen molar-refractivity contribution in [1.29, 1.82) is 0 Å². The molecule has 0 saturated carbocycles. The maximum Gasteiger partial charge on any atom is 0.351 e. The number of rotatable bonds is 6. The quantitative estimate of drug-likeness (QED) is 0.463. The van der Waals surface area contributed by atoms with Crippen LogP contribution < -0.4 is 4.74 Å². The summed E-state index contributed by atoms with van der Waals surface area (Å²) in [4.78, 5) is 30.1. The van der Waals surface area contributed by atoms with Crippen molar-refractivity contribution in [3.05, 3.63) is 70.0 Å². The van der Waals surface area contributed by atoms with Crippen molar-refractivity contribution in [3.63, 3.8) is 0 Å². The van der Waals surface area contributed by atoms with Crippen LogP contribution in [0.1, 0.15) is 32.0 Å². The Morgan fingerprint density at radius 3 is 2.33 bits per heavy atom. The number of hydrogen-bond acceptors (Lipinski definition) is 6. The van der Waals surface area contributed by atoms with Gasteiger partial charge < -0.3 is 9.47 Å². The van der Waals surface area contributed by atoms with Gasteiger partial charge in [0.15, 0.2) is 6.10 Å². The van der Waals surface area contributed by atoms with Gasteiger partial charge in [-0.15, -0.1) is 11.3 Å². The molecule has 0 N–H and O–H groups in total. The van der Waals surface area contributed by atoms with Gasteiger partial charge in [0.1, 0.15) is 10.6 Å². The topological polar surface area (TPSA) is 65.5 Å². The van der Waals surface area contributed by atoms with Gasteiger partial charge in [0.05, 0.1) is 17.8 Å². The van der Waals surface area contributed by atoms with E-state index in [4.69, 9.17) is 9.47 Å². The summed E-state index contributed by atoms with van der Waals surface area (Å²) >= 11 is 1.26. The van der Waals surface area contributed by atoms with Crippen LogP contribution in [0, 0.1) is 6.92 Å². The van der Waals surface area contributed by atoms with Gasteiger partial charge >= 0.3 is 5.97 Å². The maximum atomic E-state index is 12.7. The number of aryl methyl sites for hydroxylation is 1. The number of methoxy groups -OCH3 is 1. The van der Waals surface area contributed by atoms with Crippen LogP contribution >= 0.6 is 11.3 Å². The summed E-state index contributed by atoms with van der Waals surface area (Å²) < 4.78 is 10.5. The highest BCUT2D eigenvalue weighted by molar-refractivity contribution is 7.14. The number of benzene rings is 2. The first kappa shape index (κ1) is 18.8. The van der Waals surface area contributed by atoms with Gasteiger partial charge in [-0.1, -0.05) is 30.3 Å². The Kier molecular flexibility index (Phi) is 5.66.